The third-order valence-electron chi connectivity index (χ3n) is 11.1. The van der Waals surface area contributed by atoms with Crippen LogP contribution in [0.4, 0.5) is 9.59 Å². The second kappa shape index (κ2) is 22.0. The van der Waals surface area contributed by atoms with E-state index in [1.807, 2.05) is 121 Å². The summed E-state index contributed by atoms with van der Waals surface area (Å²) >= 11 is 0. The minimum Gasteiger partial charge on any atom is -0.446 e. The summed E-state index contributed by atoms with van der Waals surface area (Å²) in [5.41, 5.74) is 4.17. The van der Waals surface area contributed by atoms with E-state index in [1.165, 1.54) is 44.9 Å². The number of hydrogen-bond acceptors (Lipinski definition) is 6. The molecule has 0 bridgehead atoms. The van der Waals surface area contributed by atoms with Crippen molar-refractivity contribution in [2.75, 3.05) is 39.3 Å². The summed E-state index contributed by atoms with van der Waals surface area (Å²) in [6.07, 6.45) is 11.7. The average Bonchev–Trinajstić information content (AvgIpc) is 3.24. The maximum Gasteiger partial charge on any atom is 0.408 e. The predicted molar refractivity (Wildman–Crippen MR) is 220 cm³/mol. The van der Waals surface area contributed by atoms with Gasteiger partial charge in [0.25, 0.3) is 0 Å². The van der Waals surface area contributed by atoms with Crippen LogP contribution in [0.1, 0.15) is 105 Å². The molecule has 6 rings (SSSR count). The standard InChI is InChI=1S/C47H60N4O4/c52-46(48-44(38-20-10-6-11-21-38)39-22-12-7-13-23-39)54-42-28-34-50(35-29-42)32-18-4-2-1-3-5-19-33-51-36-30-43(31-37-51)55-47(53)49-45(40-24-14-8-15-25-40)41-26-16-9-17-27-41/h6-17,20-27,42-45H,1-5,18-19,28-37H2,(H,48,52)(H,49,53). The Morgan fingerprint density at radius 1 is 0.455 bits per heavy atom. The number of ether oxygens (including phenoxy) is 2. The molecule has 0 spiro atoms. The molecule has 2 heterocycles. The largest absolute Gasteiger partial charge is 0.446 e. The van der Waals surface area contributed by atoms with Crippen molar-refractivity contribution in [1.82, 2.24) is 20.4 Å². The highest BCUT2D eigenvalue weighted by Crippen LogP contribution is 2.25. The minimum atomic E-state index is -0.343. The zero-order valence-corrected chi connectivity index (χ0v) is 32.4. The Labute approximate surface area is 328 Å². The third kappa shape index (κ3) is 13.3. The quantitative estimate of drug-likeness (QED) is 0.0988. The highest BCUT2D eigenvalue weighted by molar-refractivity contribution is 5.69. The number of benzene rings is 4. The van der Waals surface area contributed by atoms with Crippen molar-refractivity contribution < 1.29 is 19.1 Å². The van der Waals surface area contributed by atoms with Crippen LogP contribution in [0.25, 0.3) is 0 Å². The van der Waals surface area contributed by atoms with Gasteiger partial charge in [0.15, 0.2) is 0 Å². The molecule has 2 amide bonds. The van der Waals surface area contributed by atoms with Gasteiger partial charge in [-0.1, -0.05) is 153 Å². The van der Waals surface area contributed by atoms with Gasteiger partial charge in [0.05, 0.1) is 12.1 Å². The Morgan fingerprint density at radius 2 is 0.727 bits per heavy atom. The first kappa shape index (κ1) is 40.0. The van der Waals surface area contributed by atoms with E-state index < -0.39 is 0 Å². The molecule has 2 fully saturated rings. The Kier molecular flexibility index (Phi) is 16.0. The molecule has 0 saturated carbocycles. The number of amides is 2. The third-order valence-corrected chi connectivity index (χ3v) is 11.1. The maximum atomic E-state index is 12.9. The molecule has 0 aromatic heterocycles. The number of rotatable bonds is 18. The van der Waals surface area contributed by atoms with E-state index in [-0.39, 0.29) is 36.5 Å². The van der Waals surface area contributed by atoms with Crippen molar-refractivity contribution >= 4 is 12.2 Å². The van der Waals surface area contributed by atoms with Crippen LogP contribution in [-0.2, 0) is 9.47 Å². The van der Waals surface area contributed by atoms with E-state index in [2.05, 4.69) is 20.4 Å². The van der Waals surface area contributed by atoms with Crippen LogP contribution >= 0.6 is 0 Å². The van der Waals surface area contributed by atoms with Gasteiger partial charge in [0.2, 0.25) is 0 Å². The SMILES string of the molecule is O=C(NC(c1ccccc1)c1ccccc1)OC1CCN(CCCCCCCCCN2CCC(OC(=O)NC(c3ccccc3)c3ccccc3)CC2)CC1. The lowest BCUT2D eigenvalue weighted by molar-refractivity contribution is 0.0488. The number of likely N-dealkylation sites (tertiary alicyclic amines) is 2. The first-order chi connectivity index (χ1) is 27.1. The maximum absolute atomic E-state index is 12.9. The Hall–Kier alpha value is -4.66. The molecule has 8 nitrogen and oxygen atoms in total. The first-order valence-corrected chi connectivity index (χ1v) is 20.7. The molecule has 8 heteroatoms. The fourth-order valence-corrected chi connectivity index (χ4v) is 7.96. The van der Waals surface area contributed by atoms with Crippen LogP contribution in [0.2, 0.25) is 0 Å². The van der Waals surface area contributed by atoms with E-state index >= 15 is 0 Å². The van der Waals surface area contributed by atoms with Gasteiger partial charge in [-0.2, -0.15) is 0 Å². The molecule has 0 atom stereocenters. The summed E-state index contributed by atoms with van der Waals surface area (Å²) < 4.78 is 11.8. The van der Waals surface area contributed by atoms with Gasteiger partial charge in [0.1, 0.15) is 12.2 Å². The molecule has 292 valence electrons. The van der Waals surface area contributed by atoms with Crippen LogP contribution in [-0.4, -0.2) is 73.5 Å². The number of unbranched alkanes of at least 4 members (excludes halogenated alkanes) is 6. The van der Waals surface area contributed by atoms with E-state index in [0.29, 0.717) is 0 Å². The van der Waals surface area contributed by atoms with Crippen molar-refractivity contribution in [1.29, 1.82) is 0 Å². The van der Waals surface area contributed by atoms with Gasteiger partial charge < -0.3 is 29.9 Å². The zero-order valence-electron chi connectivity index (χ0n) is 32.4. The molecular formula is C47H60N4O4. The summed E-state index contributed by atoms with van der Waals surface area (Å²) in [6.45, 7) is 6.20. The van der Waals surface area contributed by atoms with Gasteiger partial charge in [-0.15, -0.1) is 0 Å². The van der Waals surface area contributed by atoms with E-state index in [4.69, 9.17) is 9.47 Å². The molecule has 55 heavy (non-hydrogen) atoms. The van der Waals surface area contributed by atoms with Crippen molar-refractivity contribution in [3.05, 3.63) is 144 Å². The summed E-state index contributed by atoms with van der Waals surface area (Å²) in [4.78, 5) is 30.9. The molecule has 2 saturated heterocycles. The lowest BCUT2D eigenvalue weighted by atomic mass is 9.99. The van der Waals surface area contributed by atoms with Gasteiger partial charge in [-0.05, 0) is 73.9 Å². The predicted octanol–water partition coefficient (Wildman–Crippen LogP) is 9.68. The summed E-state index contributed by atoms with van der Waals surface area (Å²) in [7, 11) is 0. The summed E-state index contributed by atoms with van der Waals surface area (Å²) in [6, 6.07) is 39.8. The molecule has 4 aromatic carbocycles. The number of carbonyl (C=O) groups is 2. The summed E-state index contributed by atoms with van der Waals surface area (Å²) in [5, 5.41) is 6.23. The van der Waals surface area contributed by atoms with Crippen LogP contribution in [0.5, 0.6) is 0 Å². The number of nitrogens with zero attached hydrogens (tertiary/aromatic N) is 2. The second-order valence-corrected chi connectivity index (χ2v) is 15.2. The molecule has 2 N–H and O–H groups in total. The first-order valence-electron chi connectivity index (χ1n) is 20.7. The second-order valence-electron chi connectivity index (χ2n) is 15.2. The van der Waals surface area contributed by atoms with E-state index in [1.54, 1.807) is 0 Å². The molecule has 0 aliphatic carbocycles. The van der Waals surface area contributed by atoms with E-state index in [9.17, 15) is 9.59 Å². The van der Waals surface area contributed by atoms with Crippen LogP contribution < -0.4 is 10.6 Å². The fraction of sp³-hybridized carbons (Fsp3) is 0.447. The van der Waals surface area contributed by atoms with Gasteiger partial charge >= 0.3 is 12.2 Å². The van der Waals surface area contributed by atoms with Crippen molar-refractivity contribution in [2.24, 2.45) is 0 Å². The molecule has 0 unspecified atom stereocenters. The fourth-order valence-electron chi connectivity index (χ4n) is 7.96. The normalized spacial score (nSPS) is 15.9. The van der Waals surface area contributed by atoms with Crippen LogP contribution in [0.3, 0.4) is 0 Å². The smallest absolute Gasteiger partial charge is 0.408 e. The molecule has 2 aliphatic heterocycles. The average molecular weight is 745 g/mol. The van der Waals surface area contributed by atoms with Crippen LogP contribution in [0, 0.1) is 0 Å². The lowest BCUT2D eigenvalue weighted by Gasteiger charge is -2.32. The summed E-state index contributed by atoms with van der Waals surface area (Å²) in [5.74, 6) is 0. The topological polar surface area (TPSA) is 83.1 Å². The van der Waals surface area contributed by atoms with E-state index in [0.717, 1.165) is 87.2 Å². The number of nitrogens with one attached hydrogen (secondary N) is 2. The highest BCUT2D eigenvalue weighted by atomic mass is 16.6. The molecule has 0 radical (unpaired) electrons. The Bertz CT molecular complexity index is 1460. The highest BCUT2D eigenvalue weighted by Gasteiger charge is 2.26. The number of alkyl carbamates (subject to hydrolysis) is 2. The Balaban J connectivity index is 0.767. The number of carbonyl (C=O) groups excluding carboxylic acids is 2. The monoisotopic (exact) mass is 744 g/mol. The van der Waals surface area contributed by atoms with Crippen LogP contribution in [0.15, 0.2) is 121 Å². The molecule has 2 aliphatic rings. The number of piperidine rings is 2. The van der Waals surface area contributed by atoms with Gasteiger partial charge in [0, 0.05) is 26.2 Å². The minimum absolute atomic E-state index is 0.0342. The van der Waals surface area contributed by atoms with Crippen molar-refractivity contribution in [3.63, 3.8) is 0 Å². The molecule has 4 aromatic rings. The van der Waals surface area contributed by atoms with Crippen molar-refractivity contribution in [3.8, 4) is 0 Å². The number of hydrogen-bond donors (Lipinski definition) is 2. The lowest BCUT2D eigenvalue weighted by Crippen LogP contribution is -2.40. The van der Waals surface area contributed by atoms with Crippen molar-refractivity contribution in [2.45, 2.75) is 94.9 Å². The zero-order chi connectivity index (χ0) is 37.9. The van der Waals surface area contributed by atoms with Gasteiger partial charge in [-0.3, -0.25) is 0 Å². The molecular weight excluding hydrogens is 685 g/mol. The Morgan fingerprint density at radius 3 is 1.02 bits per heavy atom. The van der Waals surface area contributed by atoms with Gasteiger partial charge in [-0.25, -0.2) is 9.59 Å².